The number of rotatable bonds is 8. The number of esters is 3. The van der Waals surface area contributed by atoms with E-state index in [0.29, 0.717) is 0 Å². The Bertz CT molecular complexity index is 568. The zero-order chi connectivity index (χ0) is 19.7. The predicted molar refractivity (Wildman–Crippen MR) is 81.3 cm³/mol. The standard InChI is InChI=1S/C14H20FN3O8/c1-7(19)23-11-10(6-15)26-14(22-5-4-17-18-16)13(25-9(3)21)12(11)24-8(2)20/h10-14H,4-6H2,1-3H3/t10-,11-,12+,13-,14+/m1/s1. The molecule has 0 aromatic rings. The van der Waals surface area contributed by atoms with E-state index in [1.807, 2.05) is 0 Å². The van der Waals surface area contributed by atoms with Gasteiger partial charge in [0.2, 0.25) is 0 Å². The Labute approximate surface area is 148 Å². The summed E-state index contributed by atoms with van der Waals surface area (Å²) in [4.78, 5) is 36.7. The summed E-state index contributed by atoms with van der Waals surface area (Å²) < 4.78 is 39.3. The molecule has 0 unspecified atom stereocenters. The summed E-state index contributed by atoms with van der Waals surface area (Å²) in [5.74, 6) is -2.28. The molecule has 0 aromatic heterocycles. The van der Waals surface area contributed by atoms with Crippen LogP contribution < -0.4 is 0 Å². The number of hydrogen-bond donors (Lipinski definition) is 0. The third-order valence-electron chi connectivity index (χ3n) is 3.19. The fourth-order valence-corrected chi connectivity index (χ4v) is 2.37. The summed E-state index contributed by atoms with van der Waals surface area (Å²) in [7, 11) is 0. The lowest BCUT2D eigenvalue weighted by Gasteiger charge is -2.43. The number of azide groups is 1. The second-order valence-corrected chi connectivity index (χ2v) is 5.24. The Morgan fingerprint density at radius 2 is 1.58 bits per heavy atom. The summed E-state index contributed by atoms with van der Waals surface area (Å²) in [6, 6.07) is 0. The molecule has 1 fully saturated rings. The summed E-state index contributed by atoms with van der Waals surface area (Å²) >= 11 is 0. The molecule has 0 aromatic carbocycles. The van der Waals surface area contributed by atoms with Crippen LogP contribution in [0.2, 0.25) is 0 Å². The number of halogens is 1. The number of carbonyl (C=O) groups excluding carboxylic acids is 3. The van der Waals surface area contributed by atoms with Crippen molar-refractivity contribution in [3.05, 3.63) is 10.4 Å². The van der Waals surface area contributed by atoms with Crippen LogP contribution in [0.5, 0.6) is 0 Å². The molecule has 0 saturated carbocycles. The lowest BCUT2D eigenvalue weighted by molar-refractivity contribution is -0.304. The highest BCUT2D eigenvalue weighted by Crippen LogP contribution is 2.29. The van der Waals surface area contributed by atoms with Crippen molar-refractivity contribution in [2.75, 3.05) is 19.8 Å². The smallest absolute Gasteiger partial charge is 0.303 e. The van der Waals surface area contributed by atoms with E-state index in [4.69, 9.17) is 29.2 Å². The molecule has 1 aliphatic heterocycles. The maximum Gasteiger partial charge on any atom is 0.303 e. The molecule has 5 atom stereocenters. The van der Waals surface area contributed by atoms with Crippen LogP contribution in [-0.4, -0.2) is 68.4 Å². The van der Waals surface area contributed by atoms with Crippen LogP contribution in [0.25, 0.3) is 10.4 Å². The van der Waals surface area contributed by atoms with Gasteiger partial charge < -0.3 is 23.7 Å². The Morgan fingerprint density at radius 1 is 1.04 bits per heavy atom. The molecule has 1 saturated heterocycles. The van der Waals surface area contributed by atoms with Gasteiger partial charge in [0.1, 0.15) is 12.8 Å². The van der Waals surface area contributed by atoms with Gasteiger partial charge in [-0.05, 0) is 5.53 Å². The van der Waals surface area contributed by atoms with Crippen molar-refractivity contribution in [1.82, 2.24) is 0 Å². The fourth-order valence-electron chi connectivity index (χ4n) is 2.37. The van der Waals surface area contributed by atoms with E-state index in [2.05, 4.69) is 10.0 Å². The molecule has 1 heterocycles. The molecule has 0 spiro atoms. The van der Waals surface area contributed by atoms with Crippen LogP contribution >= 0.6 is 0 Å². The Hall–Kier alpha value is -2.43. The van der Waals surface area contributed by atoms with Crippen molar-refractivity contribution in [3.63, 3.8) is 0 Å². The fraction of sp³-hybridized carbons (Fsp3) is 0.786. The van der Waals surface area contributed by atoms with Crippen molar-refractivity contribution in [1.29, 1.82) is 0 Å². The van der Waals surface area contributed by atoms with Gasteiger partial charge in [-0.2, -0.15) is 0 Å². The minimum atomic E-state index is -1.35. The van der Waals surface area contributed by atoms with Crippen LogP contribution in [-0.2, 0) is 38.1 Å². The molecule has 26 heavy (non-hydrogen) atoms. The molecule has 0 N–H and O–H groups in total. The first-order chi connectivity index (χ1) is 12.3. The highest BCUT2D eigenvalue weighted by atomic mass is 19.1. The van der Waals surface area contributed by atoms with Gasteiger partial charge in [0.15, 0.2) is 24.6 Å². The lowest BCUT2D eigenvalue weighted by atomic mass is 9.98. The van der Waals surface area contributed by atoms with E-state index in [0.717, 1.165) is 20.8 Å². The minimum absolute atomic E-state index is 0.0605. The molecule has 146 valence electrons. The largest absolute Gasteiger partial charge is 0.456 e. The van der Waals surface area contributed by atoms with Gasteiger partial charge in [-0.25, -0.2) is 4.39 Å². The minimum Gasteiger partial charge on any atom is -0.456 e. The summed E-state index contributed by atoms with van der Waals surface area (Å²) in [5, 5.41) is 3.27. The van der Waals surface area contributed by atoms with Gasteiger partial charge in [-0.3, -0.25) is 14.4 Å². The Balaban J connectivity index is 3.12. The summed E-state index contributed by atoms with van der Waals surface area (Å²) in [5.41, 5.74) is 8.26. The van der Waals surface area contributed by atoms with E-state index in [-0.39, 0.29) is 13.2 Å². The summed E-state index contributed by atoms with van der Waals surface area (Å²) in [6.07, 6.45) is -6.67. The topological polar surface area (TPSA) is 146 Å². The Kier molecular flexibility index (Phi) is 8.76. The van der Waals surface area contributed by atoms with Crippen molar-refractivity contribution < 1.29 is 42.5 Å². The number of hydrogen-bond acceptors (Lipinski definition) is 9. The van der Waals surface area contributed by atoms with Gasteiger partial charge in [-0.15, -0.1) is 0 Å². The van der Waals surface area contributed by atoms with Gasteiger partial charge in [0.25, 0.3) is 0 Å². The normalized spacial score (nSPS) is 27.8. The van der Waals surface area contributed by atoms with Crippen molar-refractivity contribution >= 4 is 17.9 Å². The average molecular weight is 377 g/mol. The second-order valence-electron chi connectivity index (χ2n) is 5.24. The van der Waals surface area contributed by atoms with E-state index in [9.17, 15) is 18.8 Å². The van der Waals surface area contributed by atoms with Gasteiger partial charge in [0.05, 0.1) is 6.61 Å². The average Bonchev–Trinajstić information content (AvgIpc) is 2.54. The SMILES string of the molecule is CC(=O)O[C@@H]1[C@@H](OC(C)=O)[C@@H](OCCN=[N+]=[N-])O[C@H](CF)[C@H]1OC(C)=O. The van der Waals surface area contributed by atoms with Crippen molar-refractivity contribution in [2.45, 2.75) is 51.5 Å². The molecule has 0 amide bonds. The van der Waals surface area contributed by atoms with E-state index in [1.54, 1.807) is 0 Å². The molecular weight excluding hydrogens is 357 g/mol. The summed E-state index contributed by atoms with van der Waals surface area (Å²) in [6.45, 7) is 2.00. The zero-order valence-electron chi connectivity index (χ0n) is 14.5. The Morgan fingerprint density at radius 3 is 2.08 bits per heavy atom. The number of alkyl halides is 1. The molecule has 1 rings (SSSR count). The third kappa shape index (κ3) is 6.47. The first-order valence-corrected chi connectivity index (χ1v) is 7.65. The zero-order valence-corrected chi connectivity index (χ0v) is 14.5. The third-order valence-corrected chi connectivity index (χ3v) is 3.19. The van der Waals surface area contributed by atoms with Crippen LogP contribution in [0, 0.1) is 0 Å². The van der Waals surface area contributed by atoms with Crippen molar-refractivity contribution in [3.8, 4) is 0 Å². The van der Waals surface area contributed by atoms with Crippen LogP contribution in [0.15, 0.2) is 5.11 Å². The van der Waals surface area contributed by atoms with Crippen LogP contribution in [0.3, 0.4) is 0 Å². The molecule has 0 bridgehead atoms. The monoisotopic (exact) mass is 377 g/mol. The number of nitrogens with zero attached hydrogens (tertiary/aromatic N) is 3. The van der Waals surface area contributed by atoms with Gasteiger partial charge in [-0.1, -0.05) is 5.11 Å². The maximum absolute atomic E-state index is 13.4. The van der Waals surface area contributed by atoms with E-state index < -0.39 is 55.3 Å². The van der Waals surface area contributed by atoms with Crippen LogP contribution in [0.4, 0.5) is 4.39 Å². The first-order valence-electron chi connectivity index (χ1n) is 7.65. The lowest BCUT2D eigenvalue weighted by Crippen LogP contribution is -2.62. The second kappa shape index (κ2) is 10.5. The van der Waals surface area contributed by atoms with Gasteiger partial charge in [0, 0.05) is 32.2 Å². The van der Waals surface area contributed by atoms with Crippen LogP contribution in [0.1, 0.15) is 20.8 Å². The quantitative estimate of drug-likeness (QED) is 0.151. The maximum atomic E-state index is 13.4. The van der Waals surface area contributed by atoms with E-state index >= 15 is 0 Å². The molecule has 11 nitrogen and oxygen atoms in total. The number of ether oxygens (including phenoxy) is 5. The molecular formula is C14H20FN3O8. The first kappa shape index (κ1) is 21.6. The molecule has 0 radical (unpaired) electrons. The van der Waals surface area contributed by atoms with E-state index in [1.165, 1.54) is 0 Å². The predicted octanol–water partition coefficient (Wildman–Crippen LogP) is 0.803. The molecule has 0 aliphatic carbocycles. The number of carbonyl (C=O) groups is 3. The van der Waals surface area contributed by atoms with Crippen molar-refractivity contribution in [2.24, 2.45) is 5.11 Å². The highest BCUT2D eigenvalue weighted by Gasteiger charge is 2.52. The van der Waals surface area contributed by atoms with Gasteiger partial charge >= 0.3 is 17.9 Å². The molecule has 12 heteroatoms. The highest BCUT2D eigenvalue weighted by molar-refractivity contribution is 5.68. The molecule has 1 aliphatic rings.